The van der Waals surface area contributed by atoms with Crippen LogP contribution in [0.2, 0.25) is 0 Å². The van der Waals surface area contributed by atoms with E-state index in [0.717, 1.165) is 12.1 Å². The Kier molecular flexibility index (Phi) is 4.09. The van der Waals surface area contributed by atoms with Gasteiger partial charge >= 0.3 is 0 Å². The molecule has 0 radical (unpaired) electrons. The lowest BCUT2D eigenvalue weighted by atomic mass is 9.98. The third-order valence-corrected chi connectivity index (χ3v) is 3.13. The first-order valence-corrected chi connectivity index (χ1v) is 6.20. The Morgan fingerprint density at radius 1 is 1.50 bits per heavy atom. The van der Waals surface area contributed by atoms with Crippen LogP contribution >= 0.6 is 0 Å². The summed E-state index contributed by atoms with van der Waals surface area (Å²) in [6.07, 6.45) is 0.0831. The fraction of sp³-hybridized carbons (Fsp3) is 0.500. The predicted octanol–water partition coefficient (Wildman–Crippen LogP) is 2.00. The second kappa shape index (κ2) is 5.59. The van der Waals surface area contributed by atoms with Gasteiger partial charge in [-0.3, -0.25) is 4.79 Å². The molecule has 1 heterocycles. The first-order valence-electron chi connectivity index (χ1n) is 6.20. The molecule has 1 unspecified atom stereocenters. The number of rotatable bonds is 3. The maximum absolute atomic E-state index is 13.8. The molecule has 18 heavy (non-hydrogen) atoms. The van der Waals surface area contributed by atoms with E-state index in [1.807, 2.05) is 13.0 Å². The van der Waals surface area contributed by atoms with Crippen molar-refractivity contribution in [3.05, 3.63) is 34.6 Å². The Balaban J connectivity index is 2.13. The maximum Gasteiger partial charge on any atom is 0.168 e. The summed E-state index contributed by atoms with van der Waals surface area (Å²) in [5.74, 6) is -0.611. The number of halogens is 1. The lowest BCUT2D eigenvalue weighted by Gasteiger charge is -2.23. The van der Waals surface area contributed by atoms with E-state index in [1.165, 1.54) is 6.07 Å². The van der Waals surface area contributed by atoms with E-state index in [1.54, 1.807) is 6.92 Å². The maximum atomic E-state index is 13.8. The van der Waals surface area contributed by atoms with Crippen molar-refractivity contribution in [1.29, 1.82) is 0 Å². The van der Waals surface area contributed by atoms with E-state index in [0.29, 0.717) is 18.7 Å². The summed E-state index contributed by atoms with van der Waals surface area (Å²) < 4.78 is 19.3. The van der Waals surface area contributed by atoms with Crippen molar-refractivity contribution in [2.24, 2.45) is 0 Å². The van der Waals surface area contributed by atoms with Crippen molar-refractivity contribution in [2.75, 3.05) is 19.7 Å². The average molecular weight is 251 g/mol. The van der Waals surface area contributed by atoms with E-state index in [2.05, 4.69) is 5.32 Å². The topological polar surface area (TPSA) is 38.3 Å². The third kappa shape index (κ3) is 2.94. The van der Waals surface area contributed by atoms with Crippen LogP contribution in [0.15, 0.2) is 12.1 Å². The fourth-order valence-corrected chi connectivity index (χ4v) is 2.33. The van der Waals surface area contributed by atoms with E-state index < -0.39 is 5.82 Å². The largest absolute Gasteiger partial charge is 0.375 e. The van der Waals surface area contributed by atoms with Crippen LogP contribution in [0, 0.1) is 19.7 Å². The number of ketones is 1. The van der Waals surface area contributed by atoms with E-state index in [-0.39, 0.29) is 23.9 Å². The minimum absolute atomic E-state index is 0.147. The summed E-state index contributed by atoms with van der Waals surface area (Å²) in [5, 5.41) is 3.16. The Morgan fingerprint density at radius 2 is 2.28 bits per heavy atom. The number of hydrogen-bond acceptors (Lipinski definition) is 3. The van der Waals surface area contributed by atoms with Crippen molar-refractivity contribution < 1.29 is 13.9 Å². The van der Waals surface area contributed by atoms with E-state index in [9.17, 15) is 9.18 Å². The standard InChI is InChI=1S/C14H18FNO2/c1-9-5-10(2)14(12(15)6-9)13(17)7-11-8-16-3-4-18-11/h5-6,11,16H,3-4,7-8H2,1-2H3. The molecule has 0 spiro atoms. The first-order chi connectivity index (χ1) is 8.58. The molecule has 0 aromatic heterocycles. The highest BCUT2D eigenvalue weighted by molar-refractivity contribution is 5.98. The molecule has 1 N–H and O–H groups in total. The SMILES string of the molecule is Cc1cc(C)c(C(=O)CC2CNCCO2)c(F)c1. The van der Waals surface area contributed by atoms with Gasteiger partial charge in [-0.2, -0.15) is 0 Å². The quantitative estimate of drug-likeness (QED) is 0.835. The number of carbonyl (C=O) groups excluding carboxylic acids is 1. The number of carbonyl (C=O) groups is 1. The molecule has 1 saturated heterocycles. The lowest BCUT2D eigenvalue weighted by molar-refractivity contribution is 0.0239. The third-order valence-electron chi connectivity index (χ3n) is 3.13. The number of hydrogen-bond donors (Lipinski definition) is 1. The number of nitrogens with one attached hydrogen (secondary N) is 1. The summed E-state index contributed by atoms with van der Waals surface area (Å²) in [4.78, 5) is 12.1. The molecule has 1 aliphatic rings. The molecule has 2 rings (SSSR count). The van der Waals surface area contributed by atoms with Crippen LogP contribution in [0.1, 0.15) is 27.9 Å². The Bertz CT molecular complexity index is 430. The summed E-state index contributed by atoms with van der Waals surface area (Å²) in [5.41, 5.74) is 1.73. The molecule has 1 aliphatic heterocycles. The highest BCUT2D eigenvalue weighted by atomic mass is 19.1. The van der Waals surface area contributed by atoms with Gasteiger partial charge < -0.3 is 10.1 Å². The normalized spacial score (nSPS) is 19.8. The van der Waals surface area contributed by atoms with Gasteiger partial charge in [-0.1, -0.05) is 6.07 Å². The van der Waals surface area contributed by atoms with Crippen LogP contribution in [0.5, 0.6) is 0 Å². The molecule has 3 nitrogen and oxygen atoms in total. The molecular formula is C14H18FNO2. The summed E-state index contributed by atoms with van der Waals surface area (Å²) in [6.45, 7) is 5.65. The van der Waals surface area contributed by atoms with Gasteiger partial charge in [0.05, 0.1) is 18.3 Å². The van der Waals surface area contributed by atoms with Gasteiger partial charge in [-0.15, -0.1) is 0 Å². The molecule has 0 amide bonds. The smallest absolute Gasteiger partial charge is 0.168 e. The molecule has 98 valence electrons. The lowest BCUT2D eigenvalue weighted by Crippen LogP contribution is -2.39. The monoisotopic (exact) mass is 251 g/mol. The van der Waals surface area contributed by atoms with Gasteiger partial charge in [-0.25, -0.2) is 4.39 Å². The predicted molar refractivity (Wildman–Crippen MR) is 67.4 cm³/mol. The van der Waals surface area contributed by atoms with Crippen molar-refractivity contribution in [1.82, 2.24) is 5.32 Å². The number of ether oxygens (including phenoxy) is 1. The molecule has 0 bridgehead atoms. The van der Waals surface area contributed by atoms with Gasteiger partial charge in [0.15, 0.2) is 5.78 Å². The minimum Gasteiger partial charge on any atom is -0.375 e. The van der Waals surface area contributed by atoms with E-state index >= 15 is 0 Å². The number of benzene rings is 1. The van der Waals surface area contributed by atoms with Crippen molar-refractivity contribution in [3.63, 3.8) is 0 Å². The van der Waals surface area contributed by atoms with Crippen LogP contribution < -0.4 is 5.32 Å². The Labute approximate surface area is 106 Å². The molecule has 0 saturated carbocycles. The zero-order chi connectivity index (χ0) is 13.1. The fourth-order valence-electron chi connectivity index (χ4n) is 2.33. The van der Waals surface area contributed by atoms with Gasteiger partial charge in [0, 0.05) is 19.5 Å². The molecule has 1 fully saturated rings. The molecule has 1 aromatic carbocycles. The highest BCUT2D eigenvalue weighted by Gasteiger charge is 2.21. The highest BCUT2D eigenvalue weighted by Crippen LogP contribution is 2.19. The second-order valence-corrected chi connectivity index (χ2v) is 4.76. The van der Waals surface area contributed by atoms with Gasteiger partial charge in [-0.05, 0) is 31.0 Å². The first kappa shape index (κ1) is 13.2. The number of aryl methyl sites for hydroxylation is 2. The zero-order valence-electron chi connectivity index (χ0n) is 10.8. The number of Topliss-reactive ketones (excluding diaryl/α,β-unsaturated/α-hetero) is 1. The van der Waals surface area contributed by atoms with Crippen molar-refractivity contribution >= 4 is 5.78 Å². The molecule has 1 aromatic rings. The Morgan fingerprint density at radius 3 is 2.89 bits per heavy atom. The number of morpholine rings is 1. The second-order valence-electron chi connectivity index (χ2n) is 4.76. The Hall–Kier alpha value is -1.26. The summed E-state index contributed by atoms with van der Waals surface area (Å²) >= 11 is 0. The summed E-state index contributed by atoms with van der Waals surface area (Å²) in [6, 6.07) is 3.23. The molecule has 1 atom stereocenters. The van der Waals surface area contributed by atoms with Crippen LogP contribution in [-0.2, 0) is 4.74 Å². The van der Waals surface area contributed by atoms with Gasteiger partial charge in [0.2, 0.25) is 0 Å². The van der Waals surface area contributed by atoms with Crippen LogP contribution in [0.3, 0.4) is 0 Å². The minimum atomic E-state index is -0.429. The molecular weight excluding hydrogens is 233 g/mol. The zero-order valence-corrected chi connectivity index (χ0v) is 10.8. The van der Waals surface area contributed by atoms with Crippen molar-refractivity contribution in [2.45, 2.75) is 26.4 Å². The van der Waals surface area contributed by atoms with E-state index in [4.69, 9.17) is 4.74 Å². The molecule has 4 heteroatoms. The van der Waals surface area contributed by atoms with Crippen LogP contribution in [0.25, 0.3) is 0 Å². The van der Waals surface area contributed by atoms with Crippen molar-refractivity contribution in [3.8, 4) is 0 Å². The molecule has 0 aliphatic carbocycles. The average Bonchev–Trinajstić information content (AvgIpc) is 2.28. The van der Waals surface area contributed by atoms with Gasteiger partial charge in [0.25, 0.3) is 0 Å². The van der Waals surface area contributed by atoms with Crippen LogP contribution in [-0.4, -0.2) is 31.6 Å². The van der Waals surface area contributed by atoms with Gasteiger partial charge in [0.1, 0.15) is 5.82 Å². The summed E-state index contributed by atoms with van der Waals surface area (Å²) in [7, 11) is 0. The van der Waals surface area contributed by atoms with Crippen LogP contribution in [0.4, 0.5) is 4.39 Å².